The summed E-state index contributed by atoms with van der Waals surface area (Å²) in [5.41, 5.74) is 3.25. The van der Waals surface area contributed by atoms with E-state index in [2.05, 4.69) is 72.1 Å². The minimum Gasteiger partial charge on any atom is -0.378 e. The molecule has 3 aromatic rings. The van der Waals surface area contributed by atoms with E-state index in [1.807, 2.05) is 12.1 Å². The van der Waals surface area contributed by atoms with Crippen molar-refractivity contribution in [2.24, 2.45) is 0 Å². The van der Waals surface area contributed by atoms with Crippen LogP contribution in [0.2, 0.25) is 0 Å². The third kappa shape index (κ3) is 4.29. The van der Waals surface area contributed by atoms with Crippen LogP contribution in [0.15, 0.2) is 48.8 Å². The molecule has 2 aliphatic rings. The number of ether oxygens (including phenoxy) is 1. The fourth-order valence-corrected chi connectivity index (χ4v) is 4.14. The predicted molar refractivity (Wildman–Crippen MR) is 122 cm³/mol. The Balaban J connectivity index is 1.23. The molecule has 0 N–H and O–H groups in total. The van der Waals surface area contributed by atoms with Crippen LogP contribution in [0.5, 0.6) is 0 Å². The molecule has 0 bridgehead atoms. The first kappa shape index (κ1) is 19.7. The molecule has 0 saturated carbocycles. The lowest BCUT2D eigenvalue weighted by atomic mass is 10.1. The SMILES string of the molecule is Cc1ccccc1-c1ccc(N2CCN(c3cc(N4CCOCC4)ncn3)CC2)nn1. The van der Waals surface area contributed by atoms with Crippen molar-refractivity contribution in [1.82, 2.24) is 20.2 Å². The van der Waals surface area contributed by atoms with Gasteiger partial charge in [0.25, 0.3) is 0 Å². The first-order chi connectivity index (χ1) is 15.3. The van der Waals surface area contributed by atoms with Gasteiger partial charge < -0.3 is 19.4 Å². The summed E-state index contributed by atoms with van der Waals surface area (Å²) >= 11 is 0. The molecule has 2 aromatic heterocycles. The highest BCUT2D eigenvalue weighted by molar-refractivity contribution is 5.63. The average molecular weight is 418 g/mol. The highest BCUT2D eigenvalue weighted by Gasteiger charge is 2.21. The Kier molecular flexibility index (Phi) is 5.62. The molecule has 0 aliphatic carbocycles. The zero-order chi connectivity index (χ0) is 21.0. The molecular weight excluding hydrogens is 390 g/mol. The van der Waals surface area contributed by atoms with Crippen molar-refractivity contribution < 1.29 is 4.74 Å². The van der Waals surface area contributed by atoms with Crippen LogP contribution in [-0.4, -0.2) is 72.6 Å². The smallest absolute Gasteiger partial charge is 0.151 e. The molecule has 0 atom stereocenters. The molecular formula is C23H27N7O. The Morgan fingerprint density at radius 3 is 2.00 bits per heavy atom. The molecule has 160 valence electrons. The van der Waals surface area contributed by atoms with Gasteiger partial charge in [-0.2, -0.15) is 0 Å². The normalized spacial score (nSPS) is 17.1. The third-order valence-corrected chi connectivity index (χ3v) is 5.97. The van der Waals surface area contributed by atoms with Gasteiger partial charge >= 0.3 is 0 Å². The van der Waals surface area contributed by atoms with Crippen LogP contribution >= 0.6 is 0 Å². The minimum absolute atomic E-state index is 0.752. The Morgan fingerprint density at radius 2 is 1.35 bits per heavy atom. The largest absolute Gasteiger partial charge is 0.378 e. The maximum absolute atomic E-state index is 5.45. The number of hydrogen-bond acceptors (Lipinski definition) is 8. The van der Waals surface area contributed by atoms with E-state index in [0.717, 1.165) is 81.2 Å². The maximum atomic E-state index is 5.45. The van der Waals surface area contributed by atoms with E-state index in [9.17, 15) is 0 Å². The predicted octanol–water partition coefficient (Wildman–Crippen LogP) is 2.41. The molecule has 0 amide bonds. The number of aromatic nitrogens is 4. The molecule has 2 aliphatic heterocycles. The topological polar surface area (TPSA) is 70.5 Å². The molecule has 4 heterocycles. The average Bonchev–Trinajstić information content (AvgIpc) is 2.85. The Bertz CT molecular complexity index is 1010. The van der Waals surface area contributed by atoms with Crippen molar-refractivity contribution in [2.75, 3.05) is 67.2 Å². The number of nitrogens with zero attached hydrogens (tertiary/aromatic N) is 7. The van der Waals surface area contributed by atoms with Gasteiger partial charge in [0.05, 0.1) is 18.9 Å². The van der Waals surface area contributed by atoms with E-state index in [1.54, 1.807) is 6.33 Å². The van der Waals surface area contributed by atoms with Crippen molar-refractivity contribution in [3.05, 3.63) is 54.4 Å². The molecule has 1 aromatic carbocycles. The fraction of sp³-hybridized carbons (Fsp3) is 0.391. The summed E-state index contributed by atoms with van der Waals surface area (Å²) in [6, 6.07) is 14.5. The van der Waals surface area contributed by atoms with E-state index >= 15 is 0 Å². The second-order valence-corrected chi connectivity index (χ2v) is 7.90. The molecule has 8 heteroatoms. The van der Waals surface area contributed by atoms with Crippen molar-refractivity contribution in [3.8, 4) is 11.3 Å². The highest BCUT2D eigenvalue weighted by Crippen LogP contribution is 2.24. The number of rotatable bonds is 4. The van der Waals surface area contributed by atoms with Crippen molar-refractivity contribution in [2.45, 2.75) is 6.92 Å². The Labute approximate surface area is 182 Å². The quantitative estimate of drug-likeness (QED) is 0.641. The van der Waals surface area contributed by atoms with E-state index in [1.165, 1.54) is 5.56 Å². The van der Waals surface area contributed by atoms with Crippen LogP contribution in [0.25, 0.3) is 11.3 Å². The number of anilines is 3. The molecule has 31 heavy (non-hydrogen) atoms. The van der Waals surface area contributed by atoms with Crippen LogP contribution in [0.4, 0.5) is 17.5 Å². The van der Waals surface area contributed by atoms with Gasteiger partial charge in [-0.05, 0) is 24.6 Å². The van der Waals surface area contributed by atoms with Gasteiger partial charge in [0, 0.05) is 50.9 Å². The first-order valence-corrected chi connectivity index (χ1v) is 10.8. The summed E-state index contributed by atoms with van der Waals surface area (Å²) in [5.74, 6) is 2.89. The molecule has 2 fully saturated rings. The highest BCUT2D eigenvalue weighted by atomic mass is 16.5. The molecule has 0 unspecified atom stereocenters. The van der Waals surface area contributed by atoms with Gasteiger partial charge in [0.2, 0.25) is 0 Å². The zero-order valence-electron chi connectivity index (χ0n) is 17.8. The van der Waals surface area contributed by atoms with E-state index in [-0.39, 0.29) is 0 Å². The van der Waals surface area contributed by atoms with Gasteiger partial charge in [0.1, 0.15) is 18.0 Å². The summed E-state index contributed by atoms with van der Waals surface area (Å²) in [4.78, 5) is 15.8. The summed E-state index contributed by atoms with van der Waals surface area (Å²) in [6.45, 7) is 8.90. The van der Waals surface area contributed by atoms with Crippen molar-refractivity contribution in [1.29, 1.82) is 0 Å². The van der Waals surface area contributed by atoms with Gasteiger partial charge in [0.15, 0.2) is 5.82 Å². The Hall–Kier alpha value is -3.26. The maximum Gasteiger partial charge on any atom is 0.151 e. The van der Waals surface area contributed by atoms with Crippen LogP contribution in [0.3, 0.4) is 0 Å². The van der Waals surface area contributed by atoms with Crippen molar-refractivity contribution in [3.63, 3.8) is 0 Å². The number of morpholine rings is 1. The lowest BCUT2D eigenvalue weighted by Crippen LogP contribution is -2.47. The monoisotopic (exact) mass is 417 g/mol. The van der Waals surface area contributed by atoms with Crippen LogP contribution in [0, 0.1) is 6.92 Å². The number of hydrogen-bond donors (Lipinski definition) is 0. The summed E-state index contributed by atoms with van der Waals surface area (Å²) in [7, 11) is 0. The van der Waals surface area contributed by atoms with Gasteiger partial charge in [-0.3, -0.25) is 0 Å². The first-order valence-electron chi connectivity index (χ1n) is 10.8. The number of piperazine rings is 1. The summed E-state index contributed by atoms with van der Waals surface area (Å²) in [6.07, 6.45) is 1.67. The third-order valence-electron chi connectivity index (χ3n) is 5.97. The standard InChI is InChI=1S/C23H27N7O/c1-18-4-2-3-5-19(18)20-6-7-21(27-26-20)28-8-10-29(11-9-28)22-16-23(25-17-24-22)30-12-14-31-15-13-30/h2-7,16-17H,8-15H2,1H3. The van der Waals surface area contributed by atoms with E-state index < -0.39 is 0 Å². The van der Waals surface area contributed by atoms with Crippen LogP contribution in [-0.2, 0) is 4.74 Å². The van der Waals surface area contributed by atoms with Gasteiger partial charge in [-0.25, -0.2) is 9.97 Å². The molecule has 5 rings (SSSR count). The van der Waals surface area contributed by atoms with Gasteiger partial charge in [-0.1, -0.05) is 24.3 Å². The van der Waals surface area contributed by atoms with E-state index in [0.29, 0.717) is 0 Å². The van der Waals surface area contributed by atoms with Crippen LogP contribution in [0.1, 0.15) is 5.56 Å². The molecule has 0 radical (unpaired) electrons. The van der Waals surface area contributed by atoms with Gasteiger partial charge in [-0.15, -0.1) is 10.2 Å². The number of benzene rings is 1. The minimum atomic E-state index is 0.752. The second-order valence-electron chi connectivity index (χ2n) is 7.90. The fourth-order valence-electron chi connectivity index (χ4n) is 4.14. The lowest BCUT2D eigenvalue weighted by molar-refractivity contribution is 0.122. The number of aryl methyl sites for hydroxylation is 1. The summed E-state index contributed by atoms with van der Waals surface area (Å²) in [5, 5.41) is 8.99. The Morgan fingerprint density at radius 1 is 0.710 bits per heavy atom. The van der Waals surface area contributed by atoms with Crippen molar-refractivity contribution >= 4 is 17.5 Å². The van der Waals surface area contributed by atoms with Crippen LogP contribution < -0.4 is 14.7 Å². The lowest BCUT2D eigenvalue weighted by Gasteiger charge is -2.36. The molecule has 0 spiro atoms. The molecule has 8 nitrogen and oxygen atoms in total. The summed E-state index contributed by atoms with van der Waals surface area (Å²) < 4.78 is 5.45. The second kappa shape index (κ2) is 8.85. The van der Waals surface area contributed by atoms with E-state index in [4.69, 9.17) is 4.74 Å². The molecule has 2 saturated heterocycles. The zero-order valence-corrected chi connectivity index (χ0v) is 17.8.